The van der Waals surface area contributed by atoms with Crippen LogP contribution < -0.4 is 15.8 Å². The van der Waals surface area contributed by atoms with E-state index in [-0.39, 0.29) is 5.54 Å². The molecule has 1 aromatic rings. The minimum Gasteiger partial charge on any atom is -0.480 e. The molecule has 14 heavy (non-hydrogen) atoms. The SMILES string of the molecule is COc1ncccc1NCC(C)(C)N. The van der Waals surface area contributed by atoms with Crippen molar-refractivity contribution in [2.75, 3.05) is 19.0 Å². The van der Waals surface area contributed by atoms with Crippen LogP contribution in [0, 0.1) is 0 Å². The zero-order valence-electron chi connectivity index (χ0n) is 8.87. The Morgan fingerprint density at radius 3 is 2.86 bits per heavy atom. The zero-order valence-corrected chi connectivity index (χ0v) is 8.87. The molecule has 4 nitrogen and oxygen atoms in total. The third kappa shape index (κ3) is 3.22. The molecular formula is C10H17N3O. The Kier molecular flexibility index (Phi) is 3.30. The van der Waals surface area contributed by atoms with Gasteiger partial charge in [0, 0.05) is 18.3 Å². The summed E-state index contributed by atoms with van der Waals surface area (Å²) in [5.41, 5.74) is 6.47. The minimum absolute atomic E-state index is 0.249. The highest BCUT2D eigenvalue weighted by atomic mass is 16.5. The molecule has 0 aliphatic carbocycles. The summed E-state index contributed by atoms with van der Waals surface area (Å²) in [7, 11) is 1.60. The summed E-state index contributed by atoms with van der Waals surface area (Å²) in [4.78, 5) is 4.07. The van der Waals surface area contributed by atoms with Gasteiger partial charge in [-0.25, -0.2) is 4.98 Å². The van der Waals surface area contributed by atoms with Gasteiger partial charge in [-0.05, 0) is 26.0 Å². The average Bonchev–Trinajstić information content (AvgIpc) is 2.14. The first-order valence-corrected chi connectivity index (χ1v) is 4.55. The predicted octanol–water partition coefficient (Wildman–Crippen LogP) is 1.24. The second kappa shape index (κ2) is 4.28. The van der Waals surface area contributed by atoms with Crippen LogP contribution in [0.15, 0.2) is 18.3 Å². The largest absolute Gasteiger partial charge is 0.480 e. The quantitative estimate of drug-likeness (QED) is 0.758. The monoisotopic (exact) mass is 195 g/mol. The fraction of sp³-hybridized carbons (Fsp3) is 0.500. The molecule has 0 radical (unpaired) electrons. The summed E-state index contributed by atoms with van der Waals surface area (Å²) in [6.07, 6.45) is 1.69. The van der Waals surface area contributed by atoms with E-state index in [0.29, 0.717) is 12.4 Å². The molecule has 0 saturated carbocycles. The molecule has 1 rings (SSSR count). The summed E-state index contributed by atoms with van der Waals surface area (Å²) >= 11 is 0. The topological polar surface area (TPSA) is 60.2 Å². The van der Waals surface area contributed by atoms with Crippen molar-refractivity contribution in [3.63, 3.8) is 0 Å². The summed E-state index contributed by atoms with van der Waals surface area (Å²) < 4.78 is 5.10. The molecule has 0 bridgehead atoms. The van der Waals surface area contributed by atoms with Crippen LogP contribution in [0.5, 0.6) is 5.88 Å². The van der Waals surface area contributed by atoms with Crippen molar-refractivity contribution in [2.24, 2.45) is 5.73 Å². The molecule has 0 aliphatic heterocycles. The van der Waals surface area contributed by atoms with Gasteiger partial charge in [0.15, 0.2) is 0 Å². The Labute approximate surface area is 84.5 Å². The van der Waals surface area contributed by atoms with E-state index in [2.05, 4.69) is 10.3 Å². The van der Waals surface area contributed by atoms with Crippen LogP contribution in [0.2, 0.25) is 0 Å². The predicted molar refractivity (Wildman–Crippen MR) is 57.5 cm³/mol. The lowest BCUT2D eigenvalue weighted by atomic mass is 10.1. The number of nitrogens with one attached hydrogen (secondary N) is 1. The highest BCUT2D eigenvalue weighted by molar-refractivity contribution is 5.52. The fourth-order valence-electron chi connectivity index (χ4n) is 1.01. The van der Waals surface area contributed by atoms with Gasteiger partial charge in [-0.1, -0.05) is 0 Å². The Hall–Kier alpha value is -1.29. The number of ether oxygens (including phenoxy) is 1. The van der Waals surface area contributed by atoms with Crippen molar-refractivity contribution in [1.29, 1.82) is 0 Å². The van der Waals surface area contributed by atoms with Crippen LogP contribution in [0.3, 0.4) is 0 Å². The third-order valence-corrected chi connectivity index (χ3v) is 1.70. The smallest absolute Gasteiger partial charge is 0.237 e. The van der Waals surface area contributed by atoms with Crippen LogP contribution in [-0.2, 0) is 0 Å². The number of aromatic nitrogens is 1. The van der Waals surface area contributed by atoms with Crippen LogP contribution in [0.25, 0.3) is 0 Å². The Bertz CT molecular complexity index is 294. The number of methoxy groups -OCH3 is 1. The van der Waals surface area contributed by atoms with E-state index in [1.54, 1.807) is 13.3 Å². The Morgan fingerprint density at radius 2 is 2.29 bits per heavy atom. The van der Waals surface area contributed by atoms with E-state index >= 15 is 0 Å². The Balaban J connectivity index is 2.67. The number of nitrogens with two attached hydrogens (primary N) is 1. The molecule has 0 spiro atoms. The maximum atomic E-state index is 5.85. The van der Waals surface area contributed by atoms with Crippen molar-refractivity contribution < 1.29 is 4.74 Å². The van der Waals surface area contributed by atoms with Gasteiger partial charge >= 0.3 is 0 Å². The standard InChI is InChI=1S/C10H17N3O/c1-10(2,11)7-13-8-5-4-6-12-9(8)14-3/h4-6,13H,7,11H2,1-3H3. The molecule has 0 atom stereocenters. The zero-order chi connectivity index (χ0) is 10.6. The van der Waals surface area contributed by atoms with Crippen molar-refractivity contribution in [3.8, 4) is 5.88 Å². The number of nitrogens with zero attached hydrogens (tertiary/aromatic N) is 1. The molecule has 1 heterocycles. The number of hydrogen-bond acceptors (Lipinski definition) is 4. The van der Waals surface area contributed by atoms with E-state index in [9.17, 15) is 0 Å². The molecule has 0 aromatic carbocycles. The van der Waals surface area contributed by atoms with Crippen molar-refractivity contribution in [3.05, 3.63) is 18.3 Å². The molecule has 0 amide bonds. The van der Waals surface area contributed by atoms with Gasteiger partial charge in [-0.2, -0.15) is 0 Å². The number of pyridine rings is 1. The molecule has 3 N–H and O–H groups in total. The first kappa shape index (κ1) is 10.8. The van der Waals surface area contributed by atoms with Gasteiger partial charge in [-0.15, -0.1) is 0 Å². The van der Waals surface area contributed by atoms with Crippen LogP contribution in [-0.4, -0.2) is 24.2 Å². The summed E-state index contributed by atoms with van der Waals surface area (Å²) in [6.45, 7) is 4.60. The number of hydrogen-bond donors (Lipinski definition) is 2. The molecule has 0 aliphatic rings. The molecular weight excluding hydrogens is 178 g/mol. The second-order valence-corrected chi connectivity index (χ2v) is 3.90. The highest BCUT2D eigenvalue weighted by Crippen LogP contribution is 2.19. The summed E-state index contributed by atoms with van der Waals surface area (Å²) in [5, 5.41) is 3.19. The summed E-state index contributed by atoms with van der Waals surface area (Å²) in [6, 6.07) is 3.77. The third-order valence-electron chi connectivity index (χ3n) is 1.70. The van der Waals surface area contributed by atoms with Crippen LogP contribution in [0.4, 0.5) is 5.69 Å². The highest BCUT2D eigenvalue weighted by Gasteiger charge is 2.11. The van der Waals surface area contributed by atoms with Gasteiger partial charge in [0.25, 0.3) is 0 Å². The average molecular weight is 195 g/mol. The lowest BCUT2D eigenvalue weighted by Crippen LogP contribution is -2.39. The molecule has 0 fully saturated rings. The first-order chi connectivity index (χ1) is 6.53. The van der Waals surface area contributed by atoms with E-state index in [0.717, 1.165) is 5.69 Å². The fourth-order valence-corrected chi connectivity index (χ4v) is 1.01. The van der Waals surface area contributed by atoms with Crippen LogP contribution >= 0.6 is 0 Å². The van der Waals surface area contributed by atoms with E-state index < -0.39 is 0 Å². The maximum absolute atomic E-state index is 5.85. The molecule has 0 unspecified atom stereocenters. The van der Waals surface area contributed by atoms with E-state index in [1.807, 2.05) is 26.0 Å². The van der Waals surface area contributed by atoms with Gasteiger partial charge in [-0.3, -0.25) is 0 Å². The lowest BCUT2D eigenvalue weighted by molar-refractivity contribution is 0.399. The van der Waals surface area contributed by atoms with Gasteiger partial charge in [0.05, 0.1) is 12.8 Å². The maximum Gasteiger partial charge on any atom is 0.237 e. The van der Waals surface area contributed by atoms with Gasteiger partial charge in [0.1, 0.15) is 0 Å². The molecule has 0 saturated heterocycles. The van der Waals surface area contributed by atoms with Crippen LogP contribution in [0.1, 0.15) is 13.8 Å². The Morgan fingerprint density at radius 1 is 1.57 bits per heavy atom. The van der Waals surface area contributed by atoms with Crippen molar-refractivity contribution >= 4 is 5.69 Å². The van der Waals surface area contributed by atoms with Crippen molar-refractivity contribution in [2.45, 2.75) is 19.4 Å². The van der Waals surface area contributed by atoms with Gasteiger partial charge < -0.3 is 15.8 Å². The first-order valence-electron chi connectivity index (χ1n) is 4.55. The van der Waals surface area contributed by atoms with E-state index in [1.165, 1.54) is 0 Å². The summed E-state index contributed by atoms with van der Waals surface area (Å²) in [5.74, 6) is 0.594. The normalized spacial score (nSPS) is 11.1. The molecule has 78 valence electrons. The molecule has 1 aromatic heterocycles. The van der Waals surface area contributed by atoms with Crippen molar-refractivity contribution in [1.82, 2.24) is 4.98 Å². The molecule has 4 heteroatoms. The lowest BCUT2D eigenvalue weighted by Gasteiger charge is -2.20. The van der Waals surface area contributed by atoms with E-state index in [4.69, 9.17) is 10.5 Å². The minimum atomic E-state index is -0.249. The van der Waals surface area contributed by atoms with Gasteiger partial charge in [0.2, 0.25) is 5.88 Å². The number of anilines is 1. The number of rotatable bonds is 4. The second-order valence-electron chi connectivity index (χ2n) is 3.90.